The van der Waals surface area contributed by atoms with E-state index in [-0.39, 0.29) is 17.0 Å². The van der Waals surface area contributed by atoms with Crippen molar-refractivity contribution in [3.8, 4) is 0 Å². The predicted molar refractivity (Wildman–Crippen MR) is 87.3 cm³/mol. The molecule has 1 atom stereocenters. The minimum absolute atomic E-state index is 0.149. The first-order valence-electron chi connectivity index (χ1n) is 7.52. The highest BCUT2D eigenvalue weighted by atomic mass is 32.2. The SMILES string of the molecule is CCNS(=O)(=O)c1ccc(CCNC(=O)NC(C)CC)cc1. The van der Waals surface area contributed by atoms with Crippen molar-refractivity contribution in [2.75, 3.05) is 13.1 Å². The first-order chi connectivity index (χ1) is 10.4. The molecule has 0 aliphatic rings. The third-order valence-electron chi connectivity index (χ3n) is 3.26. The summed E-state index contributed by atoms with van der Waals surface area (Å²) in [5.74, 6) is 0. The molecule has 1 rings (SSSR count). The quantitative estimate of drug-likeness (QED) is 0.678. The molecule has 0 fully saturated rings. The van der Waals surface area contributed by atoms with E-state index in [0.29, 0.717) is 19.5 Å². The lowest BCUT2D eigenvalue weighted by Crippen LogP contribution is -2.41. The fourth-order valence-electron chi connectivity index (χ4n) is 1.81. The molecular formula is C15H25N3O3S. The Morgan fingerprint density at radius 2 is 1.82 bits per heavy atom. The second-order valence-electron chi connectivity index (χ2n) is 5.10. The molecule has 22 heavy (non-hydrogen) atoms. The minimum atomic E-state index is -3.41. The predicted octanol–water partition coefficient (Wildman–Crippen LogP) is 1.62. The monoisotopic (exact) mass is 327 g/mol. The second kappa shape index (κ2) is 8.75. The van der Waals surface area contributed by atoms with Gasteiger partial charge in [0.15, 0.2) is 0 Å². The Labute approximate surface area is 132 Å². The topological polar surface area (TPSA) is 87.3 Å². The molecule has 1 aromatic rings. The lowest BCUT2D eigenvalue weighted by molar-refractivity contribution is 0.237. The minimum Gasteiger partial charge on any atom is -0.338 e. The molecule has 0 aliphatic carbocycles. The summed E-state index contributed by atoms with van der Waals surface area (Å²) in [4.78, 5) is 11.8. The number of carbonyl (C=O) groups excluding carboxylic acids is 1. The van der Waals surface area contributed by atoms with Crippen LogP contribution >= 0.6 is 0 Å². The van der Waals surface area contributed by atoms with Gasteiger partial charge in [0.25, 0.3) is 0 Å². The maximum atomic E-state index is 11.8. The second-order valence-corrected chi connectivity index (χ2v) is 6.87. The molecule has 7 heteroatoms. The number of hydrogen-bond acceptors (Lipinski definition) is 3. The van der Waals surface area contributed by atoms with Crippen LogP contribution in [0.4, 0.5) is 4.79 Å². The molecule has 1 aromatic carbocycles. The van der Waals surface area contributed by atoms with Crippen molar-refractivity contribution >= 4 is 16.1 Å². The first kappa shape index (κ1) is 18.4. The third-order valence-corrected chi connectivity index (χ3v) is 4.82. The molecule has 0 aliphatic heterocycles. The number of carbonyl (C=O) groups is 1. The smallest absolute Gasteiger partial charge is 0.315 e. The molecule has 124 valence electrons. The zero-order valence-electron chi connectivity index (χ0n) is 13.3. The Morgan fingerprint density at radius 1 is 1.18 bits per heavy atom. The Balaban J connectivity index is 2.47. The summed E-state index contributed by atoms with van der Waals surface area (Å²) in [6.07, 6.45) is 1.53. The summed E-state index contributed by atoms with van der Waals surface area (Å²) in [5, 5.41) is 5.60. The molecule has 0 saturated carbocycles. The molecule has 0 aromatic heterocycles. The summed E-state index contributed by atoms with van der Waals surface area (Å²) in [6, 6.07) is 6.65. The average Bonchev–Trinajstić information content (AvgIpc) is 2.47. The van der Waals surface area contributed by atoms with Gasteiger partial charge in [-0.25, -0.2) is 17.9 Å². The van der Waals surface area contributed by atoms with Crippen LogP contribution in [0.2, 0.25) is 0 Å². The summed E-state index contributed by atoms with van der Waals surface area (Å²) in [7, 11) is -3.41. The van der Waals surface area contributed by atoms with Gasteiger partial charge < -0.3 is 10.6 Å². The van der Waals surface area contributed by atoms with E-state index < -0.39 is 10.0 Å². The molecule has 0 heterocycles. The van der Waals surface area contributed by atoms with E-state index in [1.54, 1.807) is 31.2 Å². The highest BCUT2D eigenvalue weighted by Gasteiger charge is 2.11. The normalized spacial score (nSPS) is 12.7. The van der Waals surface area contributed by atoms with Crippen molar-refractivity contribution < 1.29 is 13.2 Å². The van der Waals surface area contributed by atoms with Gasteiger partial charge in [-0.1, -0.05) is 26.0 Å². The number of benzene rings is 1. The molecule has 1 unspecified atom stereocenters. The van der Waals surface area contributed by atoms with Crippen LogP contribution in [0.5, 0.6) is 0 Å². The summed E-state index contributed by atoms with van der Waals surface area (Å²) < 4.78 is 26.0. The largest absolute Gasteiger partial charge is 0.338 e. The van der Waals surface area contributed by atoms with E-state index in [4.69, 9.17) is 0 Å². The van der Waals surface area contributed by atoms with Gasteiger partial charge in [-0.2, -0.15) is 0 Å². The van der Waals surface area contributed by atoms with E-state index in [1.165, 1.54) is 0 Å². The number of rotatable bonds is 8. The Morgan fingerprint density at radius 3 is 2.36 bits per heavy atom. The van der Waals surface area contributed by atoms with Crippen molar-refractivity contribution in [1.29, 1.82) is 0 Å². The summed E-state index contributed by atoms with van der Waals surface area (Å²) in [6.45, 7) is 6.56. The highest BCUT2D eigenvalue weighted by molar-refractivity contribution is 7.89. The van der Waals surface area contributed by atoms with Crippen LogP contribution in [0.1, 0.15) is 32.8 Å². The van der Waals surface area contributed by atoms with Crippen LogP contribution in [0, 0.1) is 0 Å². The van der Waals surface area contributed by atoms with Gasteiger partial charge >= 0.3 is 6.03 Å². The number of amides is 2. The van der Waals surface area contributed by atoms with E-state index >= 15 is 0 Å². The van der Waals surface area contributed by atoms with Crippen LogP contribution in [0.3, 0.4) is 0 Å². The number of urea groups is 1. The third kappa shape index (κ3) is 6.03. The lowest BCUT2D eigenvalue weighted by Gasteiger charge is -2.12. The molecule has 3 N–H and O–H groups in total. The summed E-state index contributed by atoms with van der Waals surface area (Å²) >= 11 is 0. The average molecular weight is 327 g/mol. The zero-order chi connectivity index (χ0) is 16.6. The van der Waals surface area contributed by atoms with Crippen molar-refractivity contribution in [2.45, 2.75) is 44.6 Å². The maximum absolute atomic E-state index is 11.8. The number of nitrogens with one attached hydrogen (secondary N) is 3. The fourth-order valence-corrected chi connectivity index (χ4v) is 2.85. The van der Waals surface area contributed by atoms with Gasteiger partial charge in [0.1, 0.15) is 0 Å². The van der Waals surface area contributed by atoms with Crippen molar-refractivity contribution in [3.05, 3.63) is 29.8 Å². The van der Waals surface area contributed by atoms with E-state index in [9.17, 15) is 13.2 Å². The van der Waals surface area contributed by atoms with Gasteiger partial charge in [-0.3, -0.25) is 0 Å². The van der Waals surface area contributed by atoms with Crippen LogP contribution in [-0.2, 0) is 16.4 Å². The van der Waals surface area contributed by atoms with Crippen LogP contribution in [0.25, 0.3) is 0 Å². The van der Waals surface area contributed by atoms with Crippen molar-refractivity contribution in [1.82, 2.24) is 15.4 Å². The Kier molecular flexibility index (Phi) is 7.34. The standard InChI is InChI=1S/C15H25N3O3S/c1-4-12(3)18-15(19)16-11-10-13-6-8-14(9-7-13)22(20,21)17-5-2/h6-9,12,17H,4-5,10-11H2,1-3H3,(H2,16,18,19). The Bertz CT molecular complexity index is 570. The highest BCUT2D eigenvalue weighted by Crippen LogP contribution is 2.10. The maximum Gasteiger partial charge on any atom is 0.315 e. The van der Waals surface area contributed by atoms with E-state index in [1.807, 2.05) is 13.8 Å². The van der Waals surface area contributed by atoms with Gasteiger partial charge in [0.05, 0.1) is 4.90 Å². The molecule has 0 radical (unpaired) electrons. The zero-order valence-corrected chi connectivity index (χ0v) is 14.2. The van der Waals surface area contributed by atoms with E-state index in [0.717, 1.165) is 12.0 Å². The van der Waals surface area contributed by atoms with Gasteiger partial charge in [0.2, 0.25) is 10.0 Å². The van der Waals surface area contributed by atoms with Gasteiger partial charge in [-0.15, -0.1) is 0 Å². The van der Waals surface area contributed by atoms with Gasteiger partial charge in [0, 0.05) is 19.1 Å². The molecule has 6 nitrogen and oxygen atoms in total. The lowest BCUT2D eigenvalue weighted by atomic mass is 10.1. The molecule has 0 bridgehead atoms. The Hall–Kier alpha value is -1.60. The van der Waals surface area contributed by atoms with Crippen LogP contribution in [0.15, 0.2) is 29.2 Å². The number of hydrogen-bond donors (Lipinski definition) is 3. The van der Waals surface area contributed by atoms with Crippen molar-refractivity contribution in [3.63, 3.8) is 0 Å². The van der Waals surface area contributed by atoms with Crippen LogP contribution < -0.4 is 15.4 Å². The van der Waals surface area contributed by atoms with Gasteiger partial charge in [-0.05, 0) is 37.5 Å². The molecule has 2 amide bonds. The number of sulfonamides is 1. The van der Waals surface area contributed by atoms with E-state index in [2.05, 4.69) is 15.4 Å². The molecular weight excluding hydrogens is 302 g/mol. The first-order valence-corrected chi connectivity index (χ1v) is 9.00. The van der Waals surface area contributed by atoms with Crippen molar-refractivity contribution in [2.24, 2.45) is 0 Å². The van der Waals surface area contributed by atoms with Crippen LogP contribution in [-0.4, -0.2) is 33.6 Å². The molecule has 0 saturated heterocycles. The summed E-state index contributed by atoms with van der Waals surface area (Å²) in [5.41, 5.74) is 0.972. The fraction of sp³-hybridized carbons (Fsp3) is 0.533. The molecule has 0 spiro atoms.